The zero-order valence-corrected chi connectivity index (χ0v) is 35.5. The van der Waals surface area contributed by atoms with E-state index in [0.717, 1.165) is 11.3 Å². The third-order valence-corrected chi connectivity index (χ3v) is 15.4. The van der Waals surface area contributed by atoms with E-state index in [4.69, 9.17) is 9.47 Å². The van der Waals surface area contributed by atoms with Gasteiger partial charge in [-0.2, -0.15) is 8.78 Å². The summed E-state index contributed by atoms with van der Waals surface area (Å²) in [5, 5.41) is 5.31. The van der Waals surface area contributed by atoms with Gasteiger partial charge in [0.15, 0.2) is 5.69 Å². The van der Waals surface area contributed by atoms with Gasteiger partial charge in [0.2, 0.25) is 40.1 Å². The molecular weight excluding hydrogens is 813 g/mol. The molecule has 0 radical (unpaired) electrons. The number of aromatic nitrogens is 2. The molecule has 0 spiro atoms. The monoisotopic (exact) mass is 866 g/mol. The Labute approximate surface area is 346 Å². The highest BCUT2D eigenvalue weighted by molar-refractivity contribution is 7.91. The van der Waals surface area contributed by atoms with Gasteiger partial charge in [-0.05, 0) is 74.8 Å². The van der Waals surface area contributed by atoms with Crippen LogP contribution in [0.3, 0.4) is 0 Å². The lowest BCUT2D eigenvalue weighted by Crippen LogP contribution is -2.61. The molecular formula is C41H54F4N6O8S. The number of rotatable bonds is 8. The number of hydrogen-bond donors (Lipinski definition) is 3. The number of amides is 4. The van der Waals surface area contributed by atoms with Crippen LogP contribution in [0.2, 0.25) is 0 Å². The molecule has 1 saturated heterocycles. The molecule has 3 heterocycles. The molecule has 14 nitrogen and oxygen atoms in total. The van der Waals surface area contributed by atoms with Crippen LogP contribution in [0.15, 0.2) is 18.2 Å². The first kappa shape index (κ1) is 43.8. The number of carbonyl (C=O) groups excluding carboxylic acids is 4. The highest BCUT2D eigenvalue weighted by Crippen LogP contribution is 2.50. The minimum absolute atomic E-state index is 0.0117. The standard InChI is InChI=1S/C41H54F4N6O8S/c1-7-24-28-20-51(30(24)34(53)49-40(19-25(40)33(42)43)37(55)50-60(56,57)39(5)14-15-39)36(54)32(38(2,3)4)48-29(52)17-22-16-21(22)10-8-9-13-41(44,45)31-35(59-28)47-27-18-23(58-6)11-12-26(27)46-31/h11-12,18,21-22,24-25,28,30,32-33H,7-10,13-17,19-20H2,1-6H3,(H,48,52)(H,49,53)(H,50,55)/t21-,22+,24-,25?,28+,30+,32-,40-/m1/s1. The number of ether oxygens (including phenoxy) is 2. The molecule has 19 heteroatoms. The van der Waals surface area contributed by atoms with Crippen LogP contribution in [0.1, 0.15) is 105 Å². The molecule has 3 aliphatic carbocycles. The first-order valence-electron chi connectivity index (χ1n) is 20.7. The predicted octanol–water partition coefficient (Wildman–Crippen LogP) is 4.98. The lowest BCUT2D eigenvalue weighted by atomic mass is 9.85. The van der Waals surface area contributed by atoms with Crippen molar-refractivity contribution in [2.75, 3.05) is 13.7 Å². The van der Waals surface area contributed by atoms with Crippen LogP contribution in [0.5, 0.6) is 11.6 Å². The van der Waals surface area contributed by atoms with Crippen LogP contribution in [0.25, 0.3) is 11.0 Å². The first-order chi connectivity index (χ1) is 28.0. The maximum atomic E-state index is 16.4. The highest BCUT2D eigenvalue weighted by Gasteiger charge is 2.68. The quantitative estimate of drug-likeness (QED) is 0.306. The molecule has 8 atom stereocenters. The van der Waals surface area contributed by atoms with E-state index in [1.165, 1.54) is 26.2 Å². The minimum Gasteiger partial charge on any atom is -0.497 e. The Morgan fingerprint density at radius 2 is 1.80 bits per heavy atom. The van der Waals surface area contributed by atoms with Crippen molar-refractivity contribution in [3.63, 3.8) is 0 Å². The van der Waals surface area contributed by atoms with Crippen molar-refractivity contribution < 1.29 is 54.6 Å². The van der Waals surface area contributed by atoms with Crippen molar-refractivity contribution in [1.29, 1.82) is 0 Å². The zero-order chi connectivity index (χ0) is 43.7. The van der Waals surface area contributed by atoms with E-state index in [2.05, 4.69) is 20.6 Å². The van der Waals surface area contributed by atoms with Gasteiger partial charge in [0.1, 0.15) is 29.5 Å². The van der Waals surface area contributed by atoms with Crippen molar-refractivity contribution >= 4 is 44.7 Å². The summed E-state index contributed by atoms with van der Waals surface area (Å²) in [6.07, 6.45) is -2.79. The number of benzene rings is 1. The zero-order valence-electron chi connectivity index (χ0n) is 34.7. The molecule has 1 unspecified atom stereocenters. The molecule has 3 saturated carbocycles. The molecule has 1 aromatic heterocycles. The highest BCUT2D eigenvalue weighted by atomic mass is 32.2. The van der Waals surface area contributed by atoms with Crippen molar-refractivity contribution in [2.24, 2.45) is 29.1 Å². The van der Waals surface area contributed by atoms with Crippen LogP contribution >= 0.6 is 0 Å². The lowest BCUT2D eigenvalue weighted by Gasteiger charge is -2.36. The molecule has 7 rings (SSSR count). The fourth-order valence-corrected chi connectivity index (χ4v) is 10.2. The summed E-state index contributed by atoms with van der Waals surface area (Å²) < 4.78 is 100.0. The topological polar surface area (TPSA) is 186 Å². The van der Waals surface area contributed by atoms with Crippen LogP contribution in [0.4, 0.5) is 17.6 Å². The second-order valence-corrected chi connectivity index (χ2v) is 20.9. The van der Waals surface area contributed by atoms with E-state index >= 15 is 8.78 Å². The molecule has 5 aliphatic rings. The van der Waals surface area contributed by atoms with E-state index < -0.39 is 123 Å². The van der Waals surface area contributed by atoms with Crippen LogP contribution in [-0.4, -0.2) is 95.5 Å². The number of halogens is 4. The van der Waals surface area contributed by atoms with Gasteiger partial charge in [-0.1, -0.05) is 40.5 Å². The second kappa shape index (κ2) is 15.6. The second-order valence-electron chi connectivity index (χ2n) is 18.7. The number of alkyl halides is 4. The maximum absolute atomic E-state index is 16.4. The maximum Gasteiger partial charge on any atom is 0.295 e. The Hall–Kier alpha value is -4.29. The number of hydrogen-bond acceptors (Lipinski definition) is 10. The molecule has 3 N–H and O–H groups in total. The van der Waals surface area contributed by atoms with Gasteiger partial charge >= 0.3 is 0 Å². The molecule has 330 valence electrons. The number of fused-ring (bicyclic) bond motifs is 5. The van der Waals surface area contributed by atoms with Gasteiger partial charge in [0.25, 0.3) is 11.8 Å². The Morgan fingerprint density at radius 1 is 1.08 bits per heavy atom. The third-order valence-electron chi connectivity index (χ3n) is 13.2. The smallest absolute Gasteiger partial charge is 0.295 e. The SMILES string of the molecule is CC[C@@H]1[C@@H]2CN(C(=O)[C@H](C(C)(C)C)NC(=O)C[C@@H]3C[C@H]3CCCCC(F)(F)c3nc4ccc(OC)cc4nc3O2)[C@@H]1C(=O)N[C@]1(C(=O)NS(=O)(=O)C2(C)CC2)CC1C(F)F. The summed E-state index contributed by atoms with van der Waals surface area (Å²) in [5.41, 5.74) is -3.67. The molecule has 4 fully saturated rings. The van der Waals surface area contributed by atoms with Crippen LogP contribution in [-0.2, 0) is 35.1 Å². The normalized spacial score (nSPS) is 31.4. The van der Waals surface area contributed by atoms with Crippen molar-refractivity contribution in [3.8, 4) is 11.6 Å². The molecule has 2 aromatic rings. The summed E-state index contributed by atoms with van der Waals surface area (Å²) in [4.78, 5) is 66.7. The van der Waals surface area contributed by atoms with E-state index in [9.17, 15) is 36.4 Å². The van der Waals surface area contributed by atoms with E-state index in [1.54, 1.807) is 33.8 Å². The van der Waals surface area contributed by atoms with Gasteiger partial charge in [0.05, 0.1) is 35.4 Å². The number of carbonyl (C=O) groups is 4. The Kier molecular flexibility index (Phi) is 11.4. The van der Waals surface area contributed by atoms with E-state index in [0.29, 0.717) is 18.6 Å². The Balaban J connectivity index is 1.30. The molecule has 1 aromatic carbocycles. The molecule has 60 heavy (non-hydrogen) atoms. The fraction of sp³-hybridized carbons (Fsp3) is 0.707. The Morgan fingerprint density at radius 3 is 2.42 bits per heavy atom. The molecule has 2 aliphatic heterocycles. The van der Waals surface area contributed by atoms with Gasteiger partial charge in [0, 0.05) is 24.8 Å². The molecule has 4 amide bonds. The minimum atomic E-state index is -4.30. The lowest BCUT2D eigenvalue weighted by molar-refractivity contribution is -0.145. The molecule has 2 bridgehead atoms. The van der Waals surface area contributed by atoms with E-state index in [1.807, 2.05) is 4.72 Å². The third kappa shape index (κ3) is 8.35. The van der Waals surface area contributed by atoms with Gasteiger partial charge in [-0.3, -0.25) is 23.9 Å². The van der Waals surface area contributed by atoms with Gasteiger partial charge < -0.3 is 25.0 Å². The summed E-state index contributed by atoms with van der Waals surface area (Å²) in [6.45, 7) is 7.86. The predicted molar refractivity (Wildman–Crippen MR) is 209 cm³/mol. The van der Waals surface area contributed by atoms with Crippen molar-refractivity contribution in [1.82, 2.24) is 30.2 Å². The number of nitrogens with zero attached hydrogens (tertiary/aromatic N) is 3. The summed E-state index contributed by atoms with van der Waals surface area (Å²) >= 11 is 0. The average Bonchev–Trinajstić information content (AvgIpc) is 4.12. The van der Waals surface area contributed by atoms with Crippen LogP contribution in [0, 0.1) is 29.1 Å². The van der Waals surface area contributed by atoms with Crippen molar-refractivity contribution in [2.45, 2.75) is 140 Å². The first-order valence-corrected chi connectivity index (χ1v) is 22.2. The van der Waals surface area contributed by atoms with Gasteiger partial charge in [-0.15, -0.1) is 0 Å². The summed E-state index contributed by atoms with van der Waals surface area (Å²) in [5.74, 6) is -9.77. The summed E-state index contributed by atoms with van der Waals surface area (Å²) in [7, 11) is -2.87. The Bertz CT molecular complexity index is 2170. The van der Waals surface area contributed by atoms with Crippen molar-refractivity contribution in [3.05, 3.63) is 23.9 Å². The van der Waals surface area contributed by atoms with Crippen LogP contribution < -0.4 is 24.8 Å². The summed E-state index contributed by atoms with van der Waals surface area (Å²) in [6, 6.07) is 1.79. The average molecular weight is 867 g/mol. The number of sulfonamides is 1. The number of methoxy groups -OCH3 is 1. The fourth-order valence-electron chi connectivity index (χ4n) is 8.85. The largest absolute Gasteiger partial charge is 0.497 e. The van der Waals surface area contributed by atoms with Gasteiger partial charge in [-0.25, -0.2) is 27.2 Å². The van der Waals surface area contributed by atoms with E-state index in [-0.39, 0.29) is 55.0 Å². The number of nitrogens with one attached hydrogen (secondary N) is 3.